The minimum atomic E-state index is -0.631. The van der Waals surface area contributed by atoms with Crippen molar-refractivity contribution >= 4 is 41.1 Å². The van der Waals surface area contributed by atoms with E-state index in [1.165, 1.54) is 13.2 Å². The SMILES string of the molecule is COc1ccc(CCN2C(=O)C(C#N)=C(C)/C(=C\c3ccc(-c4cc(Cl)ccc4Cl)o3)C2=O)cc1OC. The van der Waals surface area contributed by atoms with Crippen molar-refractivity contribution in [2.24, 2.45) is 0 Å². The Morgan fingerprint density at radius 3 is 2.46 bits per heavy atom. The highest BCUT2D eigenvalue weighted by Gasteiger charge is 2.35. The van der Waals surface area contributed by atoms with Crippen molar-refractivity contribution in [3.63, 3.8) is 0 Å². The molecule has 2 aromatic carbocycles. The fourth-order valence-corrected chi connectivity index (χ4v) is 4.40. The summed E-state index contributed by atoms with van der Waals surface area (Å²) in [4.78, 5) is 27.5. The van der Waals surface area contributed by atoms with E-state index in [1.54, 1.807) is 56.5 Å². The molecule has 1 aromatic heterocycles. The normalized spacial score (nSPS) is 14.8. The number of amides is 2. The van der Waals surface area contributed by atoms with Gasteiger partial charge in [0, 0.05) is 22.7 Å². The molecule has 4 rings (SSSR count). The van der Waals surface area contributed by atoms with Crippen LogP contribution in [0.5, 0.6) is 11.5 Å². The number of nitriles is 1. The smallest absolute Gasteiger partial charge is 0.271 e. The van der Waals surface area contributed by atoms with E-state index < -0.39 is 11.8 Å². The van der Waals surface area contributed by atoms with Crippen molar-refractivity contribution in [3.8, 4) is 28.9 Å². The average Bonchev–Trinajstić information content (AvgIpc) is 3.36. The monoisotopic (exact) mass is 536 g/mol. The summed E-state index contributed by atoms with van der Waals surface area (Å²) in [5, 5.41) is 10.6. The van der Waals surface area contributed by atoms with E-state index in [0.29, 0.717) is 50.6 Å². The van der Waals surface area contributed by atoms with Crippen LogP contribution in [0.3, 0.4) is 0 Å². The van der Waals surface area contributed by atoms with Gasteiger partial charge >= 0.3 is 0 Å². The van der Waals surface area contributed by atoms with Crippen LogP contribution in [0.15, 0.2) is 69.7 Å². The number of nitrogens with zero attached hydrogens (tertiary/aromatic N) is 2. The topological polar surface area (TPSA) is 92.8 Å². The Kier molecular flexibility index (Phi) is 7.72. The van der Waals surface area contributed by atoms with Crippen LogP contribution in [0.1, 0.15) is 18.2 Å². The van der Waals surface area contributed by atoms with Gasteiger partial charge in [-0.15, -0.1) is 0 Å². The minimum Gasteiger partial charge on any atom is -0.493 e. The van der Waals surface area contributed by atoms with E-state index in [4.69, 9.17) is 37.1 Å². The number of ether oxygens (including phenoxy) is 2. The second-order valence-corrected chi connectivity index (χ2v) is 9.04. The van der Waals surface area contributed by atoms with Crippen molar-refractivity contribution in [2.75, 3.05) is 20.8 Å². The number of carbonyl (C=O) groups excluding carboxylic acids is 2. The molecule has 0 unspecified atom stereocenters. The van der Waals surface area contributed by atoms with Crippen LogP contribution in [-0.2, 0) is 16.0 Å². The Morgan fingerprint density at radius 1 is 1.00 bits per heavy atom. The number of imide groups is 1. The van der Waals surface area contributed by atoms with E-state index in [-0.39, 0.29) is 17.7 Å². The Labute approximate surface area is 224 Å². The molecule has 1 aliphatic rings. The third-order valence-corrected chi connectivity index (χ3v) is 6.57. The number of hydrogen-bond acceptors (Lipinski definition) is 6. The summed E-state index contributed by atoms with van der Waals surface area (Å²) in [7, 11) is 3.07. The molecular weight excluding hydrogens is 515 g/mol. The predicted molar refractivity (Wildman–Crippen MR) is 140 cm³/mol. The van der Waals surface area contributed by atoms with Crippen LogP contribution in [0.4, 0.5) is 0 Å². The van der Waals surface area contributed by atoms with Gasteiger partial charge in [0.1, 0.15) is 23.2 Å². The molecule has 37 heavy (non-hydrogen) atoms. The van der Waals surface area contributed by atoms with E-state index in [1.807, 2.05) is 12.1 Å². The van der Waals surface area contributed by atoms with Crippen LogP contribution in [-0.4, -0.2) is 37.5 Å². The molecule has 7 nitrogen and oxygen atoms in total. The fourth-order valence-electron chi connectivity index (χ4n) is 4.01. The maximum Gasteiger partial charge on any atom is 0.271 e. The highest BCUT2D eigenvalue weighted by atomic mass is 35.5. The van der Waals surface area contributed by atoms with Crippen molar-refractivity contribution in [1.82, 2.24) is 4.90 Å². The van der Waals surface area contributed by atoms with E-state index in [2.05, 4.69) is 0 Å². The lowest BCUT2D eigenvalue weighted by molar-refractivity contribution is -0.140. The van der Waals surface area contributed by atoms with Gasteiger partial charge in [-0.25, -0.2) is 0 Å². The minimum absolute atomic E-state index is 0.0739. The van der Waals surface area contributed by atoms with Crippen LogP contribution < -0.4 is 9.47 Å². The van der Waals surface area contributed by atoms with E-state index in [9.17, 15) is 14.9 Å². The number of rotatable bonds is 7. The summed E-state index contributed by atoms with van der Waals surface area (Å²) >= 11 is 12.4. The molecule has 9 heteroatoms. The maximum atomic E-state index is 13.4. The lowest BCUT2D eigenvalue weighted by Crippen LogP contribution is -2.43. The molecule has 2 heterocycles. The van der Waals surface area contributed by atoms with Gasteiger partial charge in [0.15, 0.2) is 11.5 Å². The second-order valence-electron chi connectivity index (χ2n) is 8.20. The zero-order chi connectivity index (χ0) is 26.7. The van der Waals surface area contributed by atoms with Gasteiger partial charge < -0.3 is 13.9 Å². The van der Waals surface area contributed by atoms with Gasteiger partial charge in [-0.05, 0) is 73.0 Å². The summed E-state index contributed by atoms with van der Waals surface area (Å²) in [6, 6.07) is 15.7. The number of hydrogen-bond donors (Lipinski definition) is 0. The highest BCUT2D eigenvalue weighted by molar-refractivity contribution is 6.35. The van der Waals surface area contributed by atoms with E-state index >= 15 is 0 Å². The van der Waals surface area contributed by atoms with E-state index in [0.717, 1.165) is 10.5 Å². The number of carbonyl (C=O) groups is 2. The van der Waals surface area contributed by atoms with Gasteiger partial charge in [-0.3, -0.25) is 14.5 Å². The Hall–Kier alpha value is -3.99. The van der Waals surface area contributed by atoms with Gasteiger partial charge in [0.05, 0.1) is 19.2 Å². The first-order valence-corrected chi connectivity index (χ1v) is 12.0. The third kappa shape index (κ3) is 5.26. The first-order chi connectivity index (χ1) is 17.8. The molecule has 3 aromatic rings. The van der Waals surface area contributed by atoms with Gasteiger partial charge in [0.2, 0.25) is 0 Å². The molecule has 0 saturated heterocycles. The molecule has 188 valence electrons. The second kappa shape index (κ2) is 11.0. The van der Waals surface area contributed by atoms with Crippen LogP contribution in [0.25, 0.3) is 17.4 Å². The summed E-state index contributed by atoms with van der Waals surface area (Å²) < 4.78 is 16.5. The summed E-state index contributed by atoms with van der Waals surface area (Å²) in [5.74, 6) is 0.795. The van der Waals surface area contributed by atoms with Crippen molar-refractivity contribution in [2.45, 2.75) is 13.3 Å². The molecule has 0 atom stereocenters. The summed E-state index contributed by atoms with van der Waals surface area (Å²) in [6.07, 6.45) is 1.88. The molecule has 2 amide bonds. The van der Waals surface area contributed by atoms with Crippen molar-refractivity contribution in [1.29, 1.82) is 5.26 Å². The number of furan rings is 1. The molecule has 1 aliphatic heterocycles. The first-order valence-electron chi connectivity index (χ1n) is 11.2. The molecule has 0 bridgehead atoms. The fraction of sp³-hybridized carbons (Fsp3) is 0.179. The number of halogens is 2. The zero-order valence-corrected chi connectivity index (χ0v) is 21.8. The molecule has 0 spiro atoms. The van der Waals surface area contributed by atoms with Crippen LogP contribution in [0, 0.1) is 11.3 Å². The van der Waals surface area contributed by atoms with Crippen LogP contribution in [0.2, 0.25) is 10.0 Å². The largest absolute Gasteiger partial charge is 0.493 e. The van der Waals surface area contributed by atoms with Crippen molar-refractivity contribution in [3.05, 3.63) is 86.6 Å². The van der Waals surface area contributed by atoms with Crippen LogP contribution >= 0.6 is 23.2 Å². The molecule has 0 radical (unpaired) electrons. The zero-order valence-electron chi connectivity index (χ0n) is 20.3. The summed E-state index contributed by atoms with van der Waals surface area (Å²) in [6.45, 7) is 1.65. The van der Waals surface area contributed by atoms with Gasteiger partial charge in [-0.1, -0.05) is 29.3 Å². The molecule has 0 aliphatic carbocycles. The standard InChI is InChI=1S/C28H22Cl2N2O5/c1-16-20(14-19-6-9-24(37-19)21-13-18(29)5-7-23(21)30)27(33)32(28(34)22(16)15-31)11-10-17-4-8-25(35-2)26(12-17)36-3/h4-9,12-14H,10-11H2,1-3H3/b20-14+. The average molecular weight is 537 g/mol. The van der Waals surface area contributed by atoms with Gasteiger partial charge in [-0.2, -0.15) is 5.26 Å². The third-order valence-electron chi connectivity index (χ3n) is 6.00. The maximum absolute atomic E-state index is 13.4. The Bertz CT molecular complexity index is 1500. The predicted octanol–water partition coefficient (Wildman–Crippen LogP) is 6.11. The first kappa shape index (κ1) is 26.1. The lowest BCUT2D eigenvalue weighted by Gasteiger charge is -2.27. The molecular formula is C28H22Cl2N2O5. The van der Waals surface area contributed by atoms with Gasteiger partial charge in [0.25, 0.3) is 11.8 Å². The Balaban J connectivity index is 1.64. The van der Waals surface area contributed by atoms with Crippen molar-refractivity contribution < 1.29 is 23.5 Å². The molecule has 0 saturated carbocycles. The Morgan fingerprint density at radius 2 is 1.76 bits per heavy atom. The quantitative estimate of drug-likeness (QED) is 0.267. The molecule has 0 N–H and O–H groups in total. The number of methoxy groups -OCH3 is 2. The number of benzene rings is 2. The summed E-state index contributed by atoms with van der Waals surface area (Å²) in [5.41, 5.74) is 1.83. The highest BCUT2D eigenvalue weighted by Crippen LogP contribution is 2.34. The lowest BCUT2D eigenvalue weighted by atomic mass is 9.94. The molecule has 0 fully saturated rings.